The molecule has 0 bridgehead atoms. The van der Waals surface area contributed by atoms with E-state index < -0.39 is 0 Å². The number of nitrogens with one attached hydrogen (secondary N) is 1. The predicted molar refractivity (Wildman–Crippen MR) is 99.3 cm³/mol. The van der Waals surface area contributed by atoms with Crippen molar-refractivity contribution in [2.24, 2.45) is 5.92 Å². The van der Waals surface area contributed by atoms with E-state index >= 15 is 0 Å². The molecule has 1 heterocycles. The van der Waals surface area contributed by atoms with Crippen molar-refractivity contribution < 1.29 is 4.79 Å². The number of carbonyl (C=O) groups excluding carboxylic acids is 1. The summed E-state index contributed by atoms with van der Waals surface area (Å²) >= 11 is 0. The van der Waals surface area contributed by atoms with Crippen LogP contribution in [0.25, 0.3) is 0 Å². The normalized spacial score (nSPS) is 16.7. The summed E-state index contributed by atoms with van der Waals surface area (Å²) in [6.45, 7) is 7.20. The molecule has 1 aliphatic rings. The van der Waals surface area contributed by atoms with Crippen molar-refractivity contribution in [3.05, 3.63) is 35.4 Å². The van der Waals surface area contributed by atoms with E-state index in [-0.39, 0.29) is 12.4 Å². The van der Waals surface area contributed by atoms with Gasteiger partial charge in [0.1, 0.15) is 0 Å². The van der Waals surface area contributed by atoms with Crippen LogP contribution in [-0.2, 0) is 4.79 Å². The zero-order valence-corrected chi connectivity index (χ0v) is 15.5. The maximum atomic E-state index is 12.6. The number of hydrogen-bond donors (Lipinski definition) is 1. The van der Waals surface area contributed by atoms with Crippen molar-refractivity contribution in [3.8, 4) is 0 Å². The summed E-state index contributed by atoms with van der Waals surface area (Å²) in [6, 6.07) is 8.64. The van der Waals surface area contributed by atoms with Crippen LogP contribution in [0, 0.1) is 12.8 Å². The monoisotopic (exact) mass is 338 g/mol. The second-order valence-electron chi connectivity index (χ2n) is 6.60. The number of halogens is 1. The lowest BCUT2D eigenvalue weighted by Crippen LogP contribution is -2.40. The van der Waals surface area contributed by atoms with Gasteiger partial charge >= 0.3 is 0 Å². The standard InChI is InChI=1S/C19H30N2O.ClH/c1-4-17(18-7-5-15(2)6-8-18)13-19(22)21-11-9-16(10-12-21)14-20-3;/h5-8,16-17,20H,4,9-14H2,1-3H3;1H. The Kier molecular flexibility index (Phi) is 8.64. The van der Waals surface area contributed by atoms with E-state index in [2.05, 4.69) is 48.3 Å². The minimum atomic E-state index is 0. The first-order chi connectivity index (χ1) is 10.6. The van der Waals surface area contributed by atoms with Crippen LogP contribution in [0.1, 0.15) is 49.7 Å². The topological polar surface area (TPSA) is 32.3 Å². The molecule has 1 N–H and O–H groups in total. The summed E-state index contributed by atoms with van der Waals surface area (Å²) in [5, 5.41) is 3.25. The quantitative estimate of drug-likeness (QED) is 0.856. The molecule has 1 aliphatic heterocycles. The van der Waals surface area contributed by atoms with Gasteiger partial charge in [0.15, 0.2) is 0 Å². The van der Waals surface area contributed by atoms with Crippen molar-refractivity contribution in [2.45, 2.75) is 45.4 Å². The van der Waals surface area contributed by atoms with Crippen LogP contribution in [0.4, 0.5) is 0 Å². The lowest BCUT2D eigenvalue weighted by molar-refractivity contribution is -0.133. The van der Waals surface area contributed by atoms with Gasteiger partial charge in [-0.25, -0.2) is 0 Å². The molecule has 1 saturated heterocycles. The summed E-state index contributed by atoms with van der Waals surface area (Å²) in [6.07, 6.45) is 3.93. The van der Waals surface area contributed by atoms with Gasteiger partial charge in [0.25, 0.3) is 0 Å². The van der Waals surface area contributed by atoms with Gasteiger partial charge in [-0.2, -0.15) is 0 Å². The van der Waals surface area contributed by atoms with E-state index in [4.69, 9.17) is 0 Å². The SMILES string of the molecule is CCC(CC(=O)N1CCC(CNC)CC1)c1ccc(C)cc1.Cl. The first-order valence-electron chi connectivity index (χ1n) is 8.63. The zero-order valence-electron chi connectivity index (χ0n) is 14.7. The van der Waals surface area contributed by atoms with Crippen LogP contribution in [0.2, 0.25) is 0 Å². The van der Waals surface area contributed by atoms with Gasteiger partial charge in [-0.3, -0.25) is 4.79 Å². The van der Waals surface area contributed by atoms with E-state index in [1.165, 1.54) is 11.1 Å². The van der Waals surface area contributed by atoms with E-state index in [1.54, 1.807) is 0 Å². The van der Waals surface area contributed by atoms with Crippen molar-refractivity contribution in [2.75, 3.05) is 26.7 Å². The first kappa shape index (κ1) is 20.0. The Hall–Kier alpha value is -1.06. The Balaban J connectivity index is 0.00000264. The summed E-state index contributed by atoms with van der Waals surface area (Å²) in [4.78, 5) is 14.7. The molecule has 2 rings (SSSR count). The molecule has 0 saturated carbocycles. The summed E-state index contributed by atoms with van der Waals surface area (Å²) < 4.78 is 0. The van der Waals surface area contributed by atoms with Gasteiger partial charge in [0.05, 0.1) is 0 Å². The molecule has 1 aromatic rings. The average Bonchev–Trinajstić information content (AvgIpc) is 2.54. The fourth-order valence-electron chi connectivity index (χ4n) is 3.35. The number of benzene rings is 1. The van der Waals surface area contributed by atoms with Gasteiger partial charge in [-0.15, -0.1) is 12.4 Å². The highest BCUT2D eigenvalue weighted by atomic mass is 35.5. The summed E-state index contributed by atoms with van der Waals surface area (Å²) in [7, 11) is 2.00. The van der Waals surface area contributed by atoms with Crippen LogP contribution < -0.4 is 5.32 Å². The molecule has 0 aromatic heterocycles. The molecule has 4 heteroatoms. The number of amides is 1. The number of aryl methyl sites for hydroxylation is 1. The zero-order chi connectivity index (χ0) is 15.9. The van der Waals surface area contributed by atoms with E-state index in [0.29, 0.717) is 18.2 Å². The van der Waals surface area contributed by atoms with Crippen LogP contribution in [-0.4, -0.2) is 37.5 Å². The predicted octanol–water partition coefficient (Wildman–Crippen LogP) is 3.76. The fraction of sp³-hybridized carbons (Fsp3) is 0.632. The minimum absolute atomic E-state index is 0. The van der Waals surface area contributed by atoms with Crippen molar-refractivity contribution in [1.82, 2.24) is 10.2 Å². The number of likely N-dealkylation sites (tertiary alicyclic amines) is 1. The third-order valence-corrected chi connectivity index (χ3v) is 4.92. The molecule has 1 amide bonds. The first-order valence-corrected chi connectivity index (χ1v) is 8.63. The number of rotatable bonds is 6. The average molecular weight is 339 g/mol. The van der Waals surface area contributed by atoms with Gasteiger partial charge in [0.2, 0.25) is 5.91 Å². The van der Waals surface area contributed by atoms with Crippen molar-refractivity contribution in [1.29, 1.82) is 0 Å². The largest absolute Gasteiger partial charge is 0.343 e. The van der Waals surface area contributed by atoms with Crippen molar-refractivity contribution >= 4 is 18.3 Å². The highest BCUT2D eigenvalue weighted by Crippen LogP contribution is 2.26. The fourth-order valence-corrected chi connectivity index (χ4v) is 3.35. The van der Waals surface area contributed by atoms with E-state index in [1.807, 2.05) is 7.05 Å². The maximum absolute atomic E-state index is 12.6. The molecule has 1 aromatic carbocycles. The molecule has 130 valence electrons. The Labute approximate surface area is 147 Å². The van der Waals surface area contributed by atoms with E-state index in [0.717, 1.165) is 44.8 Å². The van der Waals surface area contributed by atoms with Crippen LogP contribution >= 0.6 is 12.4 Å². The van der Waals surface area contributed by atoms with Gasteiger partial charge in [0, 0.05) is 19.5 Å². The third kappa shape index (κ3) is 5.82. The smallest absolute Gasteiger partial charge is 0.223 e. The Bertz CT molecular complexity index is 467. The molecular formula is C19H31ClN2O. The minimum Gasteiger partial charge on any atom is -0.343 e. The molecule has 23 heavy (non-hydrogen) atoms. The number of nitrogens with zero attached hydrogens (tertiary/aromatic N) is 1. The second kappa shape index (κ2) is 9.94. The lowest BCUT2D eigenvalue weighted by atomic mass is 9.91. The Morgan fingerprint density at radius 1 is 1.26 bits per heavy atom. The summed E-state index contributed by atoms with van der Waals surface area (Å²) in [5.41, 5.74) is 2.57. The number of carbonyl (C=O) groups is 1. The third-order valence-electron chi connectivity index (χ3n) is 4.92. The van der Waals surface area contributed by atoms with Crippen LogP contribution in [0.3, 0.4) is 0 Å². The highest BCUT2D eigenvalue weighted by Gasteiger charge is 2.24. The molecule has 0 spiro atoms. The lowest BCUT2D eigenvalue weighted by Gasteiger charge is -2.33. The van der Waals surface area contributed by atoms with Gasteiger partial charge in [-0.05, 0) is 57.2 Å². The molecule has 0 radical (unpaired) electrons. The highest BCUT2D eigenvalue weighted by molar-refractivity contribution is 5.85. The van der Waals surface area contributed by atoms with Crippen molar-refractivity contribution in [3.63, 3.8) is 0 Å². The van der Waals surface area contributed by atoms with Gasteiger partial charge < -0.3 is 10.2 Å². The maximum Gasteiger partial charge on any atom is 0.223 e. The second-order valence-corrected chi connectivity index (χ2v) is 6.60. The molecule has 1 atom stereocenters. The number of hydrogen-bond acceptors (Lipinski definition) is 2. The Morgan fingerprint density at radius 2 is 1.87 bits per heavy atom. The van der Waals surface area contributed by atoms with Crippen LogP contribution in [0.5, 0.6) is 0 Å². The molecule has 3 nitrogen and oxygen atoms in total. The summed E-state index contributed by atoms with van der Waals surface area (Å²) in [5.74, 6) is 1.41. The van der Waals surface area contributed by atoms with Crippen LogP contribution in [0.15, 0.2) is 24.3 Å². The number of piperidine rings is 1. The Morgan fingerprint density at radius 3 is 2.39 bits per heavy atom. The van der Waals surface area contributed by atoms with Gasteiger partial charge in [-0.1, -0.05) is 36.8 Å². The molecule has 1 unspecified atom stereocenters. The molecule has 1 fully saturated rings. The molecular weight excluding hydrogens is 308 g/mol. The van der Waals surface area contributed by atoms with E-state index in [9.17, 15) is 4.79 Å². The molecule has 0 aliphatic carbocycles.